The Hall–Kier alpha value is -1.28. The van der Waals surface area contributed by atoms with Gasteiger partial charge in [-0.05, 0) is 26.7 Å². The van der Waals surface area contributed by atoms with Gasteiger partial charge in [0.05, 0.1) is 24.1 Å². The Bertz CT molecular complexity index is 287. The normalized spacial score (nSPS) is 21.8. The van der Waals surface area contributed by atoms with Gasteiger partial charge in [0.1, 0.15) is 0 Å². The van der Waals surface area contributed by atoms with E-state index in [0.29, 0.717) is 19.0 Å². The van der Waals surface area contributed by atoms with E-state index in [2.05, 4.69) is 16.4 Å². The molecular formula is C11H20N4O. The number of ether oxygens (including phenoxy) is 1. The number of nitrogens with one attached hydrogen (secondary N) is 1. The maximum Gasteiger partial charge on any atom is 0.188 e. The highest BCUT2D eigenvalue weighted by atomic mass is 16.5. The molecule has 1 atom stereocenters. The van der Waals surface area contributed by atoms with E-state index in [9.17, 15) is 0 Å². The molecule has 0 spiro atoms. The molecule has 0 radical (unpaired) electrons. The Labute approximate surface area is 96.7 Å². The predicted molar refractivity (Wildman–Crippen MR) is 62.9 cm³/mol. The first-order valence-corrected chi connectivity index (χ1v) is 5.60. The third kappa shape index (κ3) is 4.49. The van der Waals surface area contributed by atoms with Gasteiger partial charge in [-0.1, -0.05) is 0 Å². The Balaban J connectivity index is 2.26. The molecule has 3 N–H and O–H groups in total. The van der Waals surface area contributed by atoms with Crippen molar-refractivity contribution < 1.29 is 4.74 Å². The van der Waals surface area contributed by atoms with Crippen LogP contribution in [0.25, 0.3) is 0 Å². The third-order valence-electron chi connectivity index (χ3n) is 2.48. The lowest BCUT2D eigenvalue weighted by atomic mass is 9.96. The highest BCUT2D eigenvalue weighted by Crippen LogP contribution is 2.13. The molecule has 0 aromatic heterocycles. The molecule has 0 aromatic carbocycles. The summed E-state index contributed by atoms with van der Waals surface area (Å²) >= 11 is 0. The van der Waals surface area contributed by atoms with Crippen molar-refractivity contribution in [3.63, 3.8) is 0 Å². The fourth-order valence-electron chi connectivity index (χ4n) is 1.40. The van der Waals surface area contributed by atoms with Crippen LogP contribution < -0.4 is 11.1 Å². The van der Waals surface area contributed by atoms with Gasteiger partial charge in [-0.15, -0.1) is 0 Å². The van der Waals surface area contributed by atoms with Gasteiger partial charge >= 0.3 is 0 Å². The number of nitriles is 1. The second kappa shape index (κ2) is 5.71. The second-order valence-electron chi connectivity index (χ2n) is 4.71. The minimum atomic E-state index is -0.462. The average molecular weight is 224 g/mol. The molecule has 0 aliphatic carbocycles. The second-order valence-corrected chi connectivity index (χ2v) is 4.71. The summed E-state index contributed by atoms with van der Waals surface area (Å²) in [5, 5.41) is 11.8. The standard InChI is InChI=1S/C11H20N4O/c1-11(2,7-12)8-15-10(13)14-6-9-4-3-5-16-9/h9H,3-6,8H2,1-2H3,(H3,13,14,15). The first-order valence-electron chi connectivity index (χ1n) is 5.60. The van der Waals surface area contributed by atoms with Crippen molar-refractivity contribution in [3.8, 4) is 6.07 Å². The molecule has 0 aromatic rings. The van der Waals surface area contributed by atoms with Gasteiger partial charge < -0.3 is 15.8 Å². The summed E-state index contributed by atoms with van der Waals surface area (Å²) in [6, 6.07) is 2.18. The van der Waals surface area contributed by atoms with Crippen LogP contribution in [0.4, 0.5) is 0 Å². The molecule has 0 bridgehead atoms. The van der Waals surface area contributed by atoms with E-state index >= 15 is 0 Å². The lowest BCUT2D eigenvalue weighted by molar-refractivity contribution is 0.114. The maximum atomic E-state index is 8.81. The summed E-state index contributed by atoms with van der Waals surface area (Å²) in [6.07, 6.45) is 2.44. The number of hydrogen-bond acceptors (Lipinski definition) is 3. The Morgan fingerprint density at radius 1 is 1.69 bits per heavy atom. The Kier molecular flexibility index (Phi) is 4.56. The fourth-order valence-corrected chi connectivity index (χ4v) is 1.40. The van der Waals surface area contributed by atoms with Crippen molar-refractivity contribution in [3.05, 3.63) is 0 Å². The first kappa shape index (κ1) is 12.8. The molecule has 1 unspecified atom stereocenters. The topological polar surface area (TPSA) is 83.4 Å². The summed E-state index contributed by atoms with van der Waals surface area (Å²) in [5.41, 5.74) is 5.23. The first-order chi connectivity index (χ1) is 7.53. The molecule has 90 valence electrons. The lowest BCUT2D eigenvalue weighted by Crippen LogP contribution is -2.37. The molecule has 0 amide bonds. The van der Waals surface area contributed by atoms with E-state index in [1.54, 1.807) is 0 Å². The van der Waals surface area contributed by atoms with Crippen molar-refractivity contribution in [1.82, 2.24) is 5.32 Å². The molecular weight excluding hydrogens is 204 g/mol. The average Bonchev–Trinajstić information content (AvgIpc) is 2.76. The summed E-state index contributed by atoms with van der Waals surface area (Å²) < 4.78 is 5.44. The Morgan fingerprint density at radius 3 is 3.00 bits per heavy atom. The number of rotatable bonds is 4. The Morgan fingerprint density at radius 2 is 2.44 bits per heavy atom. The van der Waals surface area contributed by atoms with Gasteiger partial charge in [0.2, 0.25) is 0 Å². The van der Waals surface area contributed by atoms with Crippen LogP contribution in [0, 0.1) is 16.7 Å². The minimum absolute atomic E-state index is 0.248. The van der Waals surface area contributed by atoms with Crippen molar-refractivity contribution in [1.29, 1.82) is 5.26 Å². The molecule has 1 rings (SSSR count). The van der Waals surface area contributed by atoms with Gasteiger partial charge in [-0.3, -0.25) is 4.99 Å². The molecule has 1 heterocycles. The zero-order valence-corrected chi connectivity index (χ0v) is 9.99. The predicted octanol–water partition coefficient (Wildman–Crippen LogP) is 0.619. The maximum absolute atomic E-state index is 8.81. The minimum Gasteiger partial charge on any atom is -0.376 e. The number of hydrogen-bond donors (Lipinski definition) is 2. The number of nitrogens with zero attached hydrogens (tertiary/aromatic N) is 2. The van der Waals surface area contributed by atoms with Crippen LogP contribution in [0.15, 0.2) is 4.99 Å². The van der Waals surface area contributed by atoms with E-state index in [0.717, 1.165) is 19.4 Å². The molecule has 5 nitrogen and oxygen atoms in total. The molecule has 1 aliphatic heterocycles. The van der Waals surface area contributed by atoms with Crippen molar-refractivity contribution in [2.45, 2.75) is 32.8 Å². The molecule has 16 heavy (non-hydrogen) atoms. The molecule has 1 saturated heterocycles. The highest BCUT2D eigenvalue weighted by Gasteiger charge is 2.17. The van der Waals surface area contributed by atoms with E-state index in [1.165, 1.54) is 0 Å². The number of aliphatic imine (C=N–C) groups is 1. The smallest absolute Gasteiger partial charge is 0.188 e. The molecule has 0 saturated carbocycles. The van der Waals surface area contributed by atoms with E-state index in [4.69, 9.17) is 15.7 Å². The summed E-state index contributed by atoms with van der Waals surface area (Å²) in [5.74, 6) is 0.388. The van der Waals surface area contributed by atoms with E-state index in [1.807, 2.05) is 13.8 Å². The highest BCUT2D eigenvalue weighted by molar-refractivity contribution is 5.77. The lowest BCUT2D eigenvalue weighted by Gasteiger charge is -2.14. The van der Waals surface area contributed by atoms with Crippen LogP contribution in [0.2, 0.25) is 0 Å². The van der Waals surface area contributed by atoms with Gasteiger partial charge in [0.25, 0.3) is 0 Å². The third-order valence-corrected chi connectivity index (χ3v) is 2.48. The van der Waals surface area contributed by atoms with Crippen LogP contribution in [-0.4, -0.2) is 31.8 Å². The molecule has 5 heteroatoms. The SMILES string of the molecule is CC(C)(C#N)CN=C(N)NCC1CCCO1. The van der Waals surface area contributed by atoms with Crippen molar-refractivity contribution in [2.75, 3.05) is 19.7 Å². The van der Waals surface area contributed by atoms with Crippen LogP contribution in [0.3, 0.4) is 0 Å². The van der Waals surface area contributed by atoms with Crippen molar-refractivity contribution in [2.24, 2.45) is 16.1 Å². The van der Waals surface area contributed by atoms with E-state index < -0.39 is 5.41 Å². The van der Waals surface area contributed by atoms with Crippen LogP contribution in [-0.2, 0) is 4.74 Å². The van der Waals surface area contributed by atoms with Gasteiger partial charge in [0.15, 0.2) is 5.96 Å². The quantitative estimate of drug-likeness (QED) is 0.541. The zero-order chi connectivity index (χ0) is 12.0. The number of guanidine groups is 1. The van der Waals surface area contributed by atoms with Crippen LogP contribution in [0.5, 0.6) is 0 Å². The van der Waals surface area contributed by atoms with Gasteiger partial charge in [-0.2, -0.15) is 5.26 Å². The molecule has 1 aliphatic rings. The summed E-state index contributed by atoms with van der Waals surface area (Å²) in [6.45, 7) is 5.62. The molecule has 1 fully saturated rings. The van der Waals surface area contributed by atoms with Crippen LogP contribution in [0.1, 0.15) is 26.7 Å². The van der Waals surface area contributed by atoms with Crippen LogP contribution >= 0.6 is 0 Å². The summed E-state index contributed by atoms with van der Waals surface area (Å²) in [7, 11) is 0. The van der Waals surface area contributed by atoms with Gasteiger partial charge in [0, 0.05) is 13.2 Å². The summed E-state index contributed by atoms with van der Waals surface area (Å²) in [4.78, 5) is 4.13. The van der Waals surface area contributed by atoms with Gasteiger partial charge in [-0.25, -0.2) is 0 Å². The van der Waals surface area contributed by atoms with E-state index in [-0.39, 0.29) is 6.10 Å². The van der Waals surface area contributed by atoms with Crippen molar-refractivity contribution >= 4 is 5.96 Å². The monoisotopic (exact) mass is 224 g/mol. The number of nitrogens with two attached hydrogens (primary N) is 1. The fraction of sp³-hybridized carbons (Fsp3) is 0.818. The largest absolute Gasteiger partial charge is 0.376 e. The zero-order valence-electron chi connectivity index (χ0n) is 9.99.